The molecule has 6 heteroatoms. The number of hydrogen-bond acceptors (Lipinski definition) is 5. The molecule has 0 amide bonds. The number of aryl methyl sites for hydroxylation is 1. The maximum absolute atomic E-state index is 10.6. The standard InChI is InChI=1S/C19H30N4O2/c1-13(18-21-12-15(25-18)19(2,3)4)23-9-6-14(7-10-23)16(24)17-20-8-11-22(17)5/h8,11-14,16,24H,6-7,9-10H2,1-5H3. The van der Waals surface area contributed by atoms with E-state index in [9.17, 15) is 5.11 Å². The van der Waals surface area contributed by atoms with Gasteiger partial charge in [0, 0.05) is 24.9 Å². The Hall–Kier alpha value is -1.66. The minimum atomic E-state index is -0.494. The number of hydrogen-bond donors (Lipinski definition) is 1. The van der Waals surface area contributed by atoms with Gasteiger partial charge in [-0.25, -0.2) is 9.97 Å². The fraction of sp³-hybridized carbons (Fsp3) is 0.684. The number of aliphatic hydroxyl groups is 1. The van der Waals surface area contributed by atoms with Crippen molar-refractivity contribution in [2.45, 2.75) is 58.1 Å². The van der Waals surface area contributed by atoms with Crippen molar-refractivity contribution in [2.24, 2.45) is 13.0 Å². The van der Waals surface area contributed by atoms with Gasteiger partial charge in [-0.05, 0) is 38.8 Å². The van der Waals surface area contributed by atoms with Gasteiger partial charge in [0.15, 0.2) is 0 Å². The minimum absolute atomic E-state index is 0.0237. The number of imidazole rings is 1. The van der Waals surface area contributed by atoms with Gasteiger partial charge in [-0.3, -0.25) is 4.90 Å². The molecule has 1 aliphatic rings. The zero-order chi connectivity index (χ0) is 18.2. The molecule has 1 saturated heterocycles. The van der Waals surface area contributed by atoms with Gasteiger partial charge in [-0.15, -0.1) is 0 Å². The zero-order valence-electron chi connectivity index (χ0n) is 15.9. The normalized spacial score (nSPS) is 19.9. The number of piperidine rings is 1. The quantitative estimate of drug-likeness (QED) is 0.921. The molecule has 0 radical (unpaired) electrons. The highest BCUT2D eigenvalue weighted by Gasteiger charge is 2.32. The maximum atomic E-state index is 10.6. The lowest BCUT2D eigenvalue weighted by atomic mass is 9.90. The molecule has 6 nitrogen and oxygen atoms in total. The van der Waals surface area contributed by atoms with E-state index in [1.807, 2.05) is 24.0 Å². The van der Waals surface area contributed by atoms with E-state index in [4.69, 9.17) is 4.42 Å². The summed E-state index contributed by atoms with van der Waals surface area (Å²) in [5.74, 6) is 2.72. The highest BCUT2D eigenvalue weighted by atomic mass is 16.4. The molecule has 2 aromatic rings. The highest BCUT2D eigenvalue weighted by molar-refractivity contribution is 5.07. The lowest BCUT2D eigenvalue weighted by molar-refractivity contribution is 0.0365. The van der Waals surface area contributed by atoms with E-state index in [2.05, 4.69) is 42.6 Å². The van der Waals surface area contributed by atoms with Crippen molar-refractivity contribution in [3.8, 4) is 0 Å². The van der Waals surface area contributed by atoms with Crippen molar-refractivity contribution >= 4 is 0 Å². The highest BCUT2D eigenvalue weighted by Crippen LogP contribution is 2.33. The van der Waals surface area contributed by atoms with Crippen molar-refractivity contribution in [3.05, 3.63) is 36.1 Å². The van der Waals surface area contributed by atoms with Gasteiger partial charge in [0.2, 0.25) is 5.89 Å². The Kier molecular flexibility index (Phi) is 5.02. The van der Waals surface area contributed by atoms with Crippen molar-refractivity contribution in [1.82, 2.24) is 19.4 Å². The lowest BCUT2D eigenvalue weighted by Gasteiger charge is -2.36. The Morgan fingerprint density at radius 2 is 1.92 bits per heavy atom. The molecule has 0 spiro atoms. The molecule has 1 N–H and O–H groups in total. The monoisotopic (exact) mass is 346 g/mol. The first-order valence-corrected chi connectivity index (χ1v) is 9.13. The average Bonchev–Trinajstić information content (AvgIpc) is 3.22. The van der Waals surface area contributed by atoms with Crippen LogP contribution in [0.15, 0.2) is 23.0 Å². The van der Waals surface area contributed by atoms with Crippen molar-refractivity contribution in [2.75, 3.05) is 13.1 Å². The molecule has 1 aliphatic heterocycles. The second-order valence-electron chi connectivity index (χ2n) is 8.20. The Balaban J connectivity index is 1.60. The van der Waals surface area contributed by atoms with Gasteiger partial charge in [-0.1, -0.05) is 20.8 Å². The van der Waals surface area contributed by atoms with Crippen LogP contribution in [0, 0.1) is 5.92 Å². The van der Waals surface area contributed by atoms with Gasteiger partial charge < -0.3 is 14.1 Å². The fourth-order valence-electron chi connectivity index (χ4n) is 3.48. The Morgan fingerprint density at radius 1 is 1.24 bits per heavy atom. The first kappa shape index (κ1) is 18.1. The third-order valence-corrected chi connectivity index (χ3v) is 5.31. The van der Waals surface area contributed by atoms with E-state index < -0.39 is 6.10 Å². The summed E-state index contributed by atoms with van der Waals surface area (Å²) in [5.41, 5.74) is -0.0237. The van der Waals surface area contributed by atoms with Crippen LogP contribution in [-0.4, -0.2) is 37.6 Å². The van der Waals surface area contributed by atoms with Crippen LogP contribution in [-0.2, 0) is 12.5 Å². The van der Waals surface area contributed by atoms with Gasteiger partial charge in [0.25, 0.3) is 0 Å². The topological polar surface area (TPSA) is 67.3 Å². The van der Waals surface area contributed by atoms with Gasteiger partial charge in [0.05, 0.1) is 12.2 Å². The summed E-state index contributed by atoms with van der Waals surface area (Å²) in [7, 11) is 1.93. The van der Waals surface area contributed by atoms with Crippen LogP contribution >= 0.6 is 0 Å². The van der Waals surface area contributed by atoms with E-state index >= 15 is 0 Å². The van der Waals surface area contributed by atoms with Crippen LogP contribution in [0.1, 0.15) is 70.2 Å². The van der Waals surface area contributed by atoms with E-state index in [1.54, 1.807) is 6.20 Å². The summed E-state index contributed by atoms with van der Waals surface area (Å²) in [6.07, 6.45) is 6.88. The van der Waals surface area contributed by atoms with E-state index in [0.717, 1.165) is 43.4 Å². The number of rotatable bonds is 4. The fourth-order valence-corrected chi connectivity index (χ4v) is 3.48. The molecule has 138 valence electrons. The van der Waals surface area contributed by atoms with Crippen molar-refractivity contribution in [1.29, 1.82) is 0 Å². The average molecular weight is 346 g/mol. The Labute approximate surface area is 149 Å². The third kappa shape index (κ3) is 3.80. The second-order valence-corrected chi connectivity index (χ2v) is 8.20. The SMILES string of the molecule is CC(c1ncc(C(C)(C)C)o1)N1CCC(C(O)c2nccn2C)CC1. The number of likely N-dealkylation sites (tertiary alicyclic amines) is 1. The third-order valence-electron chi connectivity index (χ3n) is 5.31. The molecule has 0 aliphatic carbocycles. The lowest BCUT2D eigenvalue weighted by Crippen LogP contribution is -2.37. The molecule has 3 rings (SSSR count). The minimum Gasteiger partial charge on any atom is -0.443 e. The number of nitrogens with zero attached hydrogens (tertiary/aromatic N) is 4. The van der Waals surface area contributed by atoms with Crippen molar-refractivity contribution < 1.29 is 9.52 Å². The molecule has 2 aromatic heterocycles. The summed E-state index contributed by atoms with van der Waals surface area (Å²) in [4.78, 5) is 11.2. The largest absolute Gasteiger partial charge is 0.443 e. The van der Waals surface area contributed by atoms with E-state index in [0.29, 0.717) is 0 Å². The van der Waals surface area contributed by atoms with Crippen molar-refractivity contribution in [3.63, 3.8) is 0 Å². The number of aliphatic hydroxyl groups excluding tert-OH is 1. The van der Waals surface area contributed by atoms with Crippen LogP contribution < -0.4 is 0 Å². The Morgan fingerprint density at radius 3 is 2.44 bits per heavy atom. The summed E-state index contributed by atoms with van der Waals surface area (Å²) >= 11 is 0. The smallest absolute Gasteiger partial charge is 0.211 e. The van der Waals surface area contributed by atoms with Crippen LogP contribution in [0.3, 0.4) is 0 Å². The first-order chi connectivity index (χ1) is 11.8. The molecule has 3 heterocycles. The molecule has 1 fully saturated rings. The second kappa shape index (κ2) is 6.92. The summed E-state index contributed by atoms with van der Waals surface area (Å²) in [6.45, 7) is 10.4. The van der Waals surface area contributed by atoms with Crippen LogP contribution in [0.4, 0.5) is 0 Å². The first-order valence-electron chi connectivity index (χ1n) is 9.13. The van der Waals surface area contributed by atoms with Gasteiger partial charge in [0.1, 0.15) is 17.7 Å². The van der Waals surface area contributed by atoms with Crippen LogP contribution in [0.25, 0.3) is 0 Å². The molecule has 2 atom stereocenters. The summed E-state index contributed by atoms with van der Waals surface area (Å²) in [6, 6.07) is 0.155. The summed E-state index contributed by atoms with van der Waals surface area (Å²) < 4.78 is 7.90. The summed E-state index contributed by atoms with van der Waals surface area (Å²) in [5, 5.41) is 10.6. The molecule has 25 heavy (non-hydrogen) atoms. The molecular weight excluding hydrogens is 316 g/mol. The predicted molar refractivity (Wildman–Crippen MR) is 96.1 cm³/mol. The van der Waals surface area contributed by atoms with Gasteiger partial charge >= 0.3 is 0 Å². The number of oxazole rings is 1. The van der Waals surface area contributed by atoms with E-state index in [1.165, 1.54) is 0 Å². The number of aromatic nitrogens is 3. The molecule has 0 aromatic carbocycles. The van der Waals surface area contributed by atoms with Crippen LogP contribution in [0.5, 0.6) is 0 Å². The molecule has 0 bridgehead atoms. The predicted octanol–water partition coefficient (Wildman–Crippen LogP) is 3.21. The molecular formula is C19H30N4O2. The van der Waals surface area contributed by atoms with E-state index in [-0.39, 0.29) is 17.4 Å². The molecule has 0 saturated carbocycles. The van der Waals surface area contributed by atoms with Crippen LogP contribution in [0.2, 0.25) is 0 Å². The Bertz CT molecular complexity index is 692. The molecule has 2 unspecified atom stereocenters. The van der Waals surface area contributed by atoms with Gasteiger partial charge in [-0.2, -0.15) is 0 Å². The maximum Gasteiger partial charge on any atom is 0.211 e. The zero-order valence-corrected chi connectivity index (χ0v) is 15.9.